The van der Waals surface area contributed by atoms with Gasteiger partial charge in [-0.3, -0.25) is 4.79 Å². The number of carbonyl (C=O) groups excluding carboxylic acids is 3. The van der Waals surface area contributed by atoms with Gasteiger partial charge in [-0.25, -0.2) is 9.59 Å². The summed E-state index contributed by atoms with van der Waals surface area (Å²) < 4.78 is 10.4. The van der Waals surface area contributed by atoms with Crippen molar-refractivity contribution in [3.63, 3.8) is 0 Å². The van der Waals surface area contributed by atoms with Crippen molar-refractivity contribution >= 4 is 18.1 Å². The van der Waals surface area contributed by atoms with Gasteiger partial charge in [0, 0.05) is 25.2 Å². The van der Waals surface area contributed by atoms with E-state index in [1.807, 2.05) is 93.6 Å². The first-order valence-corrected chi connectivity index (χ1v) is 12.1. The number of hydrogen-bond acceptors (Lipinski definition) is 5. The third-order valence-electron chi connectivity index (χ3n) is 5.14. The molecule has 0 aliphatic rings. The summed E-state index contributed by atoms with van der Waals surface area (Å²) in [7, 11) is 0. The lowest BCUT2D eigenvalue weighted by atomic mass is 10.0. The maximum atomic E-state index is 12.6. The van der Waals surface area contributed by atoms with Crippen LogP contribution in [-0.4, -0.2) is 36.8 Å². The van der Waals surface area contributed by atoms with Gasteiger partial charge in [-0.1, -0.05) is 66.7 Å². The lowest BCUT2D eigenvalue weighted by Gasteiger charge is -2.19. The molecule has 3 amide bonds. The number of nitrogens with one attached hydrogen (secondary N) is 3. The summed E-state index contributed by atoms with van der Waals surface area (Å²) in [6.45, 7) is 6.50. The van der Waals surface area contributed by atoms with Crippen LogP contribution in [0.25, 0.3) is 11.1 Å². The summed E-state index contributed by atoms with van der Waals surface area (Å²) in [5.74, 6) is -0.237. The standard InChI is InChI=1S/C29H33N3O5/c1-29(2,3)37-28(35)32-19-21-12-14-23(15-13-21)24-10-7-11-25(18-24)26(33)30-16-17-31-27(34)36-20-22-8-5-4-6-9-22/h4-15,18H,16-17,19-20H2,1-3H3,(H,30,33)(H,31,34)(H,32,35). The average Bonchev–Trinajstić information content (AvgIpc) is 2.88. The third-order valence-corrected chi connectivity index (χ3v) is 5.14. The Morgan fingerprint density at radius 1 is 0.703 bits per heavy atom. The van der Waals surface area contributed by atoms with Gasteiger partial charge in [-0.15, -0.1) is 0 Å². The number of carbonyl (C=O) groups is 3. The number of ether oxygens (including phenoxy) is 2. The molecule has 194 valence electrons. The summed E-state index contributed by atoms with van der Waals surface area (Å²) in [5.41, 5.74) is 3.63. The SMILES string of the molecule is CC(C)(C)OC(=O)NCc1ccc(-c2cccc(C(=O)NCCNC(=O)OCc3ccccc3)c2)cc1. The molecular weight excluding hydrogens is 470 g/mol. The summed E-state index contributed by atoms with van der Waals surface area (Å²) in [6.07, 6.45) is -1.00. The fraction of sp³-hybridized carbons (Fsp3) is 0.276. The van der Waals surface area contributed by atoms with Crippen LogP contribution in [0.4, 0.5) is 9.59 Å². The monoisotopic (exact) mass is 503 g/mol. The van der Waals surface area contributed by atoms with E-state index >= 15 is 0 Å². The predicted octanol–water partition coefficient (Wildman–Crippen LogP) is 5.03. The van der Waals surface area contributed by atoms with Crippen LogP contribution < -0.4 is 16.0 Å². The fourth-order valence-electron chi connectivity index (χ4n) is 3.36. The van der Waals surface area contributed by atoms with E-state index in [1.54, 1.807) is 6.07 Å². The van der Waals surface area contributed by atoms with Gasteiger partial charge < -0.3 is 25.4 Å². The fourth-order valence-corrected chi connectivity index (χ4v) is 3.36. The molecule has 0 bridgehead atoms. The average molecular weight is 504 g/mol. The zero-order chi connectivity index (χ0) is 26.7. The molecule has 0 saturated carbocycles. The number of benzene rings is 3. The smallest absolute Gasteiger partial charge is 0.407 e. The van der Waals surface area contributed by atoms with Crippen LogP contribution in [0.5, 0.6) is 0 Å². The van der Waals surface area contributed by atoms with Gasteiger partial charge in [-0.05, 0) is 55.2 Å². The van der Waals surface area contributed by atoms with Gasteiger partial charge in [0.1, 0.15) is 12.2 Å². The Hall–Kier alpha value is -4.33. The first-order valence-electron chi connectivity index (χ1n) is 12.1. The molecule has 3 aromatic carbocycles. The highest BCUT2D eigenvalue weighted by atomic mass is 16.6. The van der Waals surface area contributed by atoms with Crippen LogP contribution in [0.1, 0.15) is 42.3 Å². The van der Waals surface area contributed by atoms with E-state index in [4.69, 9.17) is 9.47 Å². The molecule has 0 spiro atoms. The lowest BCUT2D eigenvalue weighted by Crippen LogP contribution is -2.34. The van der Waals surface area contributed by atoms with Gasteiger partial charge in [0.05, 0.1) is 0 Å². The zero-order valence-corrected chi connectivity index (χ0v) is 21.4. The Kier molecular flexibility index (Phi) is 9.66. The van der Waals surface area contributed by atoms with Crippen LogP contribution in [0.3, 0.4) is 0 Å². The molecule has 0 fully saturated rings. The number of hydrogen-bond donors (Lipinski definition) is 3. The minimum Gasteiger partial charge on any atom is -0.445 e. The van der Waals surface area contributed by atoms with Crippen molar-refractivity contribution in [3.05, 3.63) is 95.6 Å². The molecule has 8 heteroatoms. The molecule has 8 nitrogen and oxygen atoms in total. The van der Waals surface area contributed by atoms with Crippen molar-refractivity contribution in [3.8, 4) is 11.1 Å². The minimum absolute atomic E-state index is 0.188. The third kappa shape index (κ3) is 9.68. The second kappa shape index (κ2) is 13.1. The van der Waals surface area contributed by atoms with Gasteiger partial charge in [0.25, 0.3) is 5.91 Å². The maximum absolute atomic E-state index is 12.6. The maximum Gasteiger partial charge on any atom is 0.407 e. The molecule has 0 heterocycles. The van der Waals surface area contributed by atoms with Crippen molar-refractivity contribution in [2.45, 2.75) is 39.5 Å². The molecule has 37 heavy (non-hydrogen) atoms. The molecule has 0 aliphatic heterocycles. The Morgan fingerprint density at radius 2 is 1.41 bits per heavy atom. The van der Waals surface area contributed by atoms with E-state index in [1.165, 1.54) is 0 Å². The van der Waals surface area contributed by atoms with Crippen LogP contribution in [0, 0.1) is 0 Å². The molecule has 0 atom stereocenters. The van der Waals surface area contributed by atoms with Crippen LogP contribution in [-0.2, 0) is 22.6 Å². The first kappa shape index (κ1) is 27.3. The Labute approximate surface area is 217 Å². The van der Waals surface area contributed by atoms with E-state index in [9.17, 15) is 14.4 Å². The molecule has 3 N–H and O–H groups in total. The highest BCUT2D eigenvalue weighted by molar-refractivity contribution is 5.95. The number of alkyl carbamates (subject to hydrolysis) is 2. The quantitative estimate of drug-likeness (QED) is 0.355. The Bertz CT molecular complexity index is 1190. The summed E-state index contributed by atoms with van der Waals surface area (Å²) in [5, 5.41) is 8.15. The topological polar surface area (TPSA) is 106 Å². The second-order valence-electron chi connectivity index (χ2n) is 9.38. The molecule has 0 radical (unpaired) electrons. The van der Waals surface area contributed by atoms with Gasteiger partial charge in [-0.2, -0.15) is 0 Å². The zero-order valence-electron chi connectivity index (χ0n) is 21.4. The highest BCUT2D eigenvalue weighted by Gasteiger charge is 2.15. The van der Waals surface area contributed by atoms with Crippen LogP contribution >= 0.6 is 0 Å². The number of rotatable bonds is 9. The minimum atomic E-state index is -0.546. The largest absolute Gasteiger partial charge is 0.445 e. The Morgan fingerprint density at radius 3 is 2.11 bits per heavy atom. The first-order chi connectivity index (χ1) is 17.7. The summed E-state index contributed by atoms with van der Waals surface area (Å²) in [4.78, 5) is 36.2. The van der Waals surface area contributed by atoms with E-state index in [0.29, 0.717) is 12.1 Å². The Balaban J connectivity index is 1.43. The molecule has 0 unspecified atom stereocenters. The molecule has 0 aromatic heterocycles. The van der Waals surface area contributed by atoms with Crippen LogP contribution in [0.15, 0.2) is 78.9 Å². The van der Waals surface area contributed by atoms with Gasteiger partial charge in [0.15, 0.2) is 0 Å². The van der Waals surface area contributed by atoms with Gasteiger partial charge >= 0.3 is 12.2 Å². The van der Waals surface area contributed by atoms with Crippen LogP contribution in [0.2, 0.25) is 0 Å². The van der Waals surface area contributed by atoms with Crippen molar-refractivity contribution in [1.82, 2.24) is 16.0 Å². The molecule has 0 saturated heterocycles. The molecule has 0 aliphatic carbocycles. The van der Waals surface area contributed by atoms with Gasteiger partial charge in [0.2, 0.25) is 0 Å². The highest BCUT2D eigenvalue weighted by Crippen LogP contribution is 2.21. The van der Waals surface area contributed by atoms with E-state index < -0.39 is 17.8 Å². The summed E-state index contributed by atoms with van der Waals surface area (Å²) >= 11 is 0. The van der Waals surface area contributed by atoms with Crippen molar-refractivity contribution in [1.29, 1.82) is 0 Å². The summed E-state index contributed by atoms with van der Waals surface area (Å²) in [6, 6.07) is 24.4. The lowest BCUT2D eigenvalue weighted by molar-refractivity contribution is 0.0523. The van der Waals surface area contributed by atoms with E-state index in [0.717, 1.165) is 22.3 Å². The van der Waals surface area contributed by atoms with Crippen molar-refractivity contribution < 1.29 is 23.9 Å². The van der Waals surface area contributed by atoms with Crippen molar-refractivity contribution in [2.75, 3.05) is 13.1 Å². The molecular formula is C29H33N3O5. The molecule has 3 rings (SSSR count). The second-order valence-corrected chi connectivity index (χ2v) is 9.38. The van der Waals surface area contributed by atoms with E-state index in [2.05, 4.69) is 16.0 Å². The number of amides is 3. The predicted molar refractivity (Wildman–Crippen MR) is 142 cm³/mol. The van der Waals surface area contributed by atoms with E-state index in [-0.39, 0.29) is 25.6 Å². The molecule has 3 aromatic rings. The van der Waals surface area contributed by atoms with Crippen molar-refractivity contribution in [2.24, 2.45) is 0 Å². The normalized spacial score (nSPS) is 10.8.